The van der Waals surface area contributed by atoms with Crippen molar-refractivity contribution < 1.29 is 62.7 Å². The van der Waals surface area contributed by atoms with Crippen molar-refractivity contribution in [3.8, 4) is 35.3 Å². The van der Waals surface area contributed by atoms with Crippen molar-refractivity contribution in [3.63, 3.8) is 0 Å². The number of phenols is 2. The summed E-state index contributed by atoms with van der Waals surface area (Å²) in [6.07, 6.45) is 11.1. The Hall–Kier alpha value is -6.85. The molecule has 6 aliphatic heterocycles. The maximum absolute atomic E-state index is 14.9. The zero-order chi connectivity index (χ0) is 52.9. The Kier molecular flexibility index (Phi) is 14.5. The van der Waals surface area contributed by atoms with Crippen LogP contribution in [0.3, 0.4) is 0 Å². The molecule has 6 bridgehead atoms. The zero-order valence-electron chi connectivity index (χ0n) is 42.7. The summed E-state index contributed by atoms with van der Waals surface area (Å²) in [7, 11) is 1.44. The van der Waals surface area contributed by atoms with E-state index in [1.165, 1.54) is 44.4 Å². The van der Waals surface area contributed by atoms with Gasteiger partial charge in [-0.15, -0.1) is 6.42 Å². The summed E-state index contributed by atoms with van der Waals surface area (Å²) in [6, 6.07) is 4.97. The first-order chi connectivity index (χ1) is 34.6. The second kappa shape index (κ2) is 20.2. The molecule has 19 heteroatoms. The number of amides is 1. The number of hydrogen-bond donors (Lipinski definition) is 3. The molecule has 0 radical (unpaired) electrons. The van der Waals surface area contributed by atoms with Crippen LogP contribution in [0.1, 0.15) is 84.2 Å². The number of benzene rings is 3. The number of methoxy groups -OCH3 is 1. The van der Waals surface area contributed by atoms with Crippen LogP contribution >= 0.6 is 0 Å². The van der Waals surface area contributed by atoms with Crippen LogP contribution in [-0.2, 0) is 28.5 Å². The van der Waals surface area contributed by atoms with Crippen LogP contribution in [-0.4, -0.2) is 107 Å². The third kappa shape index (κ3) is 9.53. The number of allylic oxidation sites excluding steroid dienone is 2. The van der Waals surface area contributed by atoms with E-state index in [0.717, 1.165) is 12.8 Å². The van der Waals surface area contributed by atoms with Gasteiger partial charge in [-0.1, -0.05) is 65.7 Å². The van der Waals surface area contributed by atoms with Crippen LogP contribution < -0.4 is 25.5 Å². The number of ether oxygens (including phenoxy) is 7. The summed E-state index contributed by atoms with van der Waals surface area (Å²) >= 11 is 0. The second-order valence-corrected chi connectivity index (χ2v) is 20.3. The van der Waals surface area contributed by atoms with E-state index in [4.69, 9.17) is 44.6 Å². The average molecular weight is 1010 g/mol. The van der Waals surface area contributed by atoms with Gasteiger partial charge < -0.3 is 53.6 Å². The van der Waals surface area contributed by atoms with E-state index in [1.807, 2.05) is 33.8 Å². The van der Waals surface area contributed by atoms with Gasteiger partial charge in [0.25, 0.3) is 11.6 Å². The van der Waals surface area contributed by atoms with Gasteiger partial charge in [0.05, 0.1) is 34.5 Å². The molecule has 2 spiro atoms. The van der Waals surface area contributed by atoms with Gasteiger partial charge in [-0.05, 0) is 44.9 Å². The van der Waals surface area contributed by atoms with Crippen molar-refractivity contribution in [2.75, 3.05) is 38.7 Å². The summed E-state index contributed by atoms with van der Waals surface area (Å²) in [5, 5.41) is 38.9. The SMILES string of the molecule is C#CCOc1c(C)c(O)c2c(O)c3c4c(c2c1C(=O)O/C=C/[C@H](OC)[C@@H](C)[C@@H](OC(=O)Oc1ccc([N+](=O)[O-])cc1)[C@H](C)[C@@]12OC1(C)O[C@H]([C@H]2C)[C@@H](C)/C=C/C=C(/C)C(=O)N=3)NC1(CCN(CC(C)C)CC1)N=4. The van der Waals surface area contributed by atoms with Crippen molar-refractivity contribution in [1.82, 2.24) is 4.90 Å². The van der Waals surface area contributed by atoms with Crippen LogP contribution in [0.4, 0.5) is 16.2 Å². The third-order valence-corrected chi connectivity index (χ3v) is 15.1. The fraction of sp³-hybridized carbons (Fsp3) is 0.500. The maximum Gasteiger partial charge on any atom is 0.514 e. The van der Waals surface area contributed by atoms with Crippen molar-refractivity contribution in [2.45, 2.75) is 111 Å². The van der Waals surface area contributed by atoms with E-state index in [9.17, 15) is 34.7 Å². The summed E-state index contributed by atoms with van der Waals surface area (Å²) in [6.45, 7) is 18.8. The number of epoxide rings is 1. The standard InChI is InChI=1S/C54H63N5O14/c1-12-25-68-48-32(7)44(60)39-38-40(48)50(63)69-26-20-37(67-11)31(6)47(71-51(64)70-36-18-16-35(17-19-36)59(65)66)34(9)54-33(8)46(72-52(54,10)73-54)29(4)14-13-15-30(5)49(62)55-43(45(39)61)42-41(38)56-53(57-42)21-23-58(24-22-53)27-28(2)3/h1,13-20,26,28-29,31,33-34,37,46-47,56,60-61H,21-25,27H2,2-11H3/b14-13+,26-20+,30-15-,55-43?/t29-,31+,33+,34-,37-,46-,47+,52?,54+/m0/s1. The van der Waals surface area contributed by atoms with Gasteiger partial charge >= 0.3 is 12.1 Å². The number of fused-ring (bicyclic) bond motifs is 10. The van der Waals surface area contributed by atoms with Gasteiger partial charge in [0.15, 0.2) is 11.5 Å². The predicted octanol–water partition coefficient (Wildman–Crippen LogP) is 7.33. The van der Waals surface area contributed by atoms with Crippen molar-refractivity contribution in [3.05, 3.63) is 92.4 Å². The molecule has 3 saturated heterocycles. The van der Waals surface area contributed by atoms with Gasteiger partial charge in [0, 0.05) is 91.9 Å². The third-order valence-electron chi connectivity index (χ3n) is 15.1. The number of aromatic hydroxyl groups is 2. The monoisotopic (exact) mass is 1010 g/mol. The lowest BCUT2D eigenvalue weighted by Crippen LogP contribution is -2.48. The number of terminal acetylenes is 1. The number of likely N-dealkylation sites (tertiary alicyclic amines) is 1. The van der Waals surface area contributed by atoms with E-state index in [1.54, 1.807) is 26.0 Å². The number of nitrogens with one attached hydrogen (secondary N) is 1. The van der Waals surface area contributed by atoms with E-state index in [2.05, 4.69) is 35.0 Å². The molecule has 3 aromatic carbocycles. The number of non-ortho nitro benzene ring substituents is 1. The second-order valence-electron chi connectivity index (χ2n) is 20.3. The molecule has 1 unspecified atom stereocenters. The Morgan fingerprint density at radius 3 is 2.38 bits per heavy atom. The molecule has 3 N–H and O–H groups in total. The number of hydrogen-bond acceptors (Lipinski definition) is 17. The van der Waals surface area contributed by atoms with Crippen LogP contribution in [0.5, 0.6) is 23.0 Å². The minimum atomic E-state index is -1.10. The fourth-order valence-corrected chi connectivity index (χ4v) is 11.4. The summed E-state index contributed by atoms with van der Waals surface area (Å²) in [5.74, 6) is -2.93. The van der Waals surface area contributed by atoms with Gasteiger partial charge in [-0.2, -0.15) is 0 Å². The Bertz CT molecular complexity index is 2990. The highest BCUT2D eigenvalue weighted by Gasteiger charge is 2.81. The molecule has 3 aromatic rings. The summed E-state index contributed by atoms with van der Waals surface area (Å²) in [4.78, 5) is 65.4. The molecule has 388 valence electrons. The van der Waals surface area contributed by atoms with Gasteiger partial charge in [0.2, 0.25) is 0 Å². The molecule has 6 aliphatic rings. The number of phenolic OH excluding ortho intramolecular Hbond substituents is 2. The minimum absolute atomic E-state index is 0.00356. The number of nitro benzene ring substituents is 1. The Morgan fingerprint density at radius 2 is 1.74 bits per heavy atom. The molecule has 0 saturated carbocycles. The maximum atomic E-state index is 14.9. The largest absolute Gasteiger partial charge is 0.514 e. The number of rotatable bonds is 8. The minimum Gasteiger partial charge on any atom is -0.507 e. The smallest absolute Gasteiger partial charge is 0.507 e. The number of nitrogens with zero attached hydrogens (tertiary/aromatic N) is 4. The molecule has 9 atom stereocenters. The number of esters is 1. The quantitative estimate of drug-likeness (QED) is 0.0380. The average Bonchev–Trinajstić information content (AvgIpc) is 3.70. The molecular weight excluding hydrogens is 943 g/mol. The number of carbonyl (C=O) groups is 3. The summed E-state index contributed by atoms with van der Waals surface area (Å²) < 4.78 is 42.8. The van der Waals surface area contributed by atoms with Crippen molar-refractivity contribution in [2.24, 2.45) is 39.6 Å². The molecular formula is C54H63N5O14. The van der Waals surface area contributed by atoms with Gasteiger partial charge in [0.1, 0.15) is 57.5 Å². The topological polar surface area (TPSA) is 243 Å². The molecule has 1 amide bonds. The first-order valence-corrected chi connectivity index (χ1v) is 24.5. The van der Waals surface area contributed by atoms with E-state index >= 15 is 0 Å². The zero-order valence-corrected chi connectivity index (χ0v) is 42.7. The first kappa shape index (κ1) is 52.5. The molecule has 0 aromatic heterocycles. The van der Waals surface area contributed by atoms with Crippen LogP contribution in [0.2, 0.25) is 0 Å². The van der Waals surface area contributed by atoms with Crippen LogP contribution in [0, 0.1) is 59.0 Å². The van der Waals surface area contributed by atoms with Crippen molar-refractivity contribution >= 4 is 40.2 Å². The highest BCUT2D eigenvalue weighted by atomic mass is 16.8. The van der Waals surface area contributed by atoms with Crippen LogP contribution in [0.25, 0.3) is 10.8 Å². The molecule has 6 heterocycles. The number of anilines is 1. The van der Waals surface area contributed by atoms with E-state index in [-0.39, 0.29) is 79.5 Å². The number of nitro groups is 1. The molecule has 9 rings (SSSR count). The van der Waals surface area contributed by atoms with Crippen molar-refractivity contribution in [1.29, 1.82) is 0 Å². The number of carbonyl (C=O) groups excluding carboxylic acids is 3. The number of piperidine rings is 1. The first-order valence-electron chi connectivity index (χ1n) is 24.5. The molecule has 3 fully saturated rings. The van der Waals surface area contributed by atoms with Crippen LogP contribution in [0.15, 0.2) is 70.4 Å². The normalized spacial score (nSPS) is 30.4. The Morgan fingerprint density at radius 1 is 1.04 bits per heavy atom. The molecule has 0 aliphatic carbocycles. The highest BCUT2D eigenvalue weighted by molar-refractivity contribution is 6.16. The van der Waals surface area contributed by atoms with Gasteiger partial charge in [-0.3, -0.25) is 19.9 Å². The lowest BCUT2D eigenvalue weighted by atomic mass is 9.72. The fourth-order valence-electron chi connectivity index (χ4n) is 11.4. The lowest BCUT2D eigenvalue weighted by Gasteiger charge is -2.38. The Labute approximate surface area is 423 Å². The lowest BCUT2D eigenvalue weighted by molar-refractivity contribution is -0.384. The Balaban J connectivity index is 1.27. The van der Waals surface area contributed by atoms with Gasteiger partial charge in [-0.25, -0.2) is 14.6 Å². The predicted molar refractivity (Wildman–Crippen MR) is 267 cm³/mol. The summed E-state index contributed by atoms with van der Waals surface area (Å²) in [5.41, 5.74) is -1.86. The molecule has 73 heavy (non-hydrogen) atoms. The van der Waals surface area contributed by atoms with E-state index in [0.29, 0.717) is 31.8 Å². The van der Waals surface area contributed by atoms with E-state index < -0.39 is 81.7 Å². The highest BCUT2D eigenvalue weighted by Crippen LogP contribution is 2.67. The molecule has 19 nitrogen and oxygen atoms in total.